The van der Waals surface area contributed by atoms with E-state index in [0.29, 0.717) is 0 Å². The van der Waals surface area contributed by atoms with Crippen LogP contribution in [0.2, 0.25) is 0 Å². The van der Waals surface area contributed by atoms with E-state index >= 15 is 0 Å². The van der Waals surface area contributed by atoms with Crippen LogP contribution >= 0.6 is 12.4 Å². The predicted molar refractivity (Wildman–Crippen MR) is 42.7 cm³/mol. The molecule has 0 unspecified atom stereocenters. The van der Waals surface area contributed by atoms with E-state index in [4.69, 9.17) is 10.8 Å². The molecule has 3 nitrogen and oxygen atoms in total. The van der Waals surface area contributed by atoms with Gasteiger partial charge in [-0.2, -0.15) is 0 Å². The van der Waals surface area contributed by atoms with Crippen LogP contribution in [0.5, 0.6) is 0 Å². The van der Waals surface area contributed by atoms with Crippen LogP contribution in [0.15, 0.2) is 0 Å². The van der Waals surface area contributed by atoms with E-state index in [1.54, 1.807) is 0 Å². The Bertz CT molecular complexity index is 197. The van der Waals surface area contributed by atoms with Crippen molar-refractivity contribution in [3.63, 3.8) is 0 Å². The van der Waals surface area contributed by atoms with Gasteiger partial charge in [0, 0.05) is 5.54 Å². The summed E-state index contributed by atoms with van der Waals surface area (Å²) in [6.07, 6.45) is 3.39. The first-order valence-corrected chi connectivity index (χ1v) is 3.63. The zero-order valence-corrected chi connectivity index (χ0v) is 6.99. The van der Waals surface area contributed by atoms with E-state index in [-0.39, 0.29) is 17.9 Å². The lowest BCUT2D eigenvalue weighted by Gasteiger charge is -2.16. The summed E-state index contributed by atoms with van der Waals surface area (Å²) in [5.41, 5.74) is 4.98. The number of hydrogen-bond acceptors (Lipinski definition) is 2. The standard InChI is InChI=1S/C7H11NO2.ClH/c8-7(3-4-7)6(1-2-6)5(9)10;/h1-4,8H2,(H,9,10);1H. The fourth-order valence-electron chi connectivity index (χ4n) is 1.66. The molecule has 0 saturated heterocycles. The van der Waals surface area contributed by atoms with Crippen molar-refractivity contribution in [2.24, 2.45) is 11.1 Å². The van der Waals surface area contributed by atoms with Gasteiger partial charge in [-0.3, -0.25) is 4.79 Å². The Kier molecular flexibility index (Phi) is 1.69. The normalized spacial score (nSPS) is 28.5. The smallest absolute Gasteiger partial charge is 0.311 e. The monoisotopic (exact) mass is 177 g/mol. The molecule has 0 bridgehead atoms. The van der Waals surface area contributed by atoms with Crippen LogP contribution in [0.4, 0.5) is 0 Å². The van der Waals surface area contributed by atoms with E-state index in [1.165, 1.54) is 0 Å². The first-order valence-electron chi connectivity index (χ1n) is 3.63. The van der Waals surface area contributed by atoms with Crippen molar-refractivity contribution in [1.82, 2.24) is 0 Å². The van der Waals surface area contributed by atoms with Crippen LogP contribution in [-0.4, -0.2) is 16.6 Å². The van der Waals surface area contributed by atoms with Crippen molar-refractivity contribution in [2.75, 3.05) is 0 Å². The molecule has 2 saturated carbocycles. The highest BCUT2D eigenvalue weighted by atomic mass is 35.5. The van der Waals surface area contributed by atoms with Crippen molar-refractivity contribution in [3.8, 4) is 0 Å². The lowest BCUT2D eigenvalue weighted by atomic mass is 9.95. The van der Waals surface area contributed by atoms with Gasteiger partial charge in [0.2, 0.25) is 0 Å². The molecule has 0 aliphatic heterocycles. The summed E-state index contributed by atoms with van der Waals surface area (Å²) in [6, 6.07) is 0. The maximum absolute atomic E-state index is 10.7. The SMILES string of the molecule is Cl.NC1(C2(C(=O)O)CC2)CC1. The molecule has 2 fully saturated rings. The average molecular weight is 178 g/mol. The molecule has 0 aromatic heterocycles. The molecule has 0 heterocycles. The Labute approximate surface area is 71.4 Å². The summed E-state index contributed by atoms with van der Waals surface area (Å²) in [5, 5.41) is 8.80. The van der Waals surface area contributed by atoms with Gasteiger partial charge in [-0.05, 0) is 25.7 Å². The van der Waals surface area contributed by atoms with Crippen LogP contribution in [-0.2, 0) is 4.79 Å². The molecule has 2 rings (SSSR count). The third kappa shape index (κ3) is 0.948. The summed E-state index contributed by atoms with van der Waals surface area (Å²) < 4.78 is 0. The Hall–Kier alpha value is -0.280. The molecule has 64 valence electrons. The second kappa shape index (κ2) is 2.11. The second-order valence-electron chi connectivity index (χ2n) is 3.54. The van der Waals surface area contributed by atoms with Crippen molar-refractivity contribution >= 4 is 18.4 Å². The molecular weight excluding hydrogens is 166 g/mol. The number of rotatable bonds is 2. The minimum absolute atomic E-state index is 0. The Morgan fingerprint density at radius 1 is 1.27 bits per heavy atom. The van der Waals surface area contributed by atoms with Crippen molar-refractivity contribution in [2.45, 2.75) is 31.2 Å². The van der Waals surface area contributed by atoms with Crippen LogP contribution in [0.25, 0.3) is 0 Å². The van der Waals surface area contributed by atoms with Gasteiger partial charge >= 0.3 is 5.97 Å². The van der Waals surface area contributed by atoms with Crippen molar-refractivity contribution in [1.29, 1.82) is 0 Å². The van der Waals surface area contributed by atoms with Gasteiger partial charge in [-0.25, -0.2) is 0 Å². The number of carboxylic acid groups (broad SMARTS) is 1. The van der Waals surface area contributed by atoms with Crippen molar-refractivity contribution in [3.05, 3.63) is 0 Å². The summed E-state index contributed by atoms with van der Waals surface area (Å²) in [7, 11) is 0. The third-order valence-corrected chi connectivity index (χ3v) is 2.90. The van der Waals surface area contributed by atoms with E-state index in [9.17, 15) is 4.79 Å². The summed E-state index contributed by atoms with van der Waals surface area (Å²) in [4.78, 5) is 10.7. The van der Waals surface area contributed by atoms with E-state index in [2.05, 4.69) is 0 Å². The maximum Gasteiger partial charge on any atom is 0.311 e. The van der Waals surface area contributed by atoms with Gasteiger partial charge in [0.25, 0.3) is 0 Å². The summed E-state index contributed by atoms with van der Waals surface area (Å²) >= 11 is 0. The molecule has 0 spiro atoms. The number of carbonyl (C=O) groups is 1. The van der Waals surface area contributed by atoms with E-state index in [1.807, 2.05) is 0 Å². The molecule has 0 atom stereocenters. The first kappa shape index (κ1) is 8.81. The Balaban J connectivity index is 0.000000605. The number of carboxylic acids is 1. The predicted octanol–water partition coefficient (Wildman–Crippen LogP) is 0.764. The third-order valence-electron chi connectivity index (χ3n) is 2.90. The Morgan fingerprint density at radius 2 is 1.73 bits per heavy atom. The highest BCUT2D eigenvalue weighted by Gasteiger charge is 2.68. The van der Waals surface area contributed by atoms with Gasteiger partial charge in [0.1, 0.15) is 0 Å². The average Bonchev–Trinajstić information content (AvgIpc) is 2.55. The van der Waals surface area contributed by atoms with E-state index in [0.717, 1.165) is 25.7 Å². The summed E-state index contributed by atoms with van der Waals surface area (Å²) in [6.45, 7) is 0. The van der Waals surface area contributed by atoms with Gasteiger partial charge in [0.05, 0.1) is 5.41 Å². The number of halogens is 1. The quantitative estimate of drug-likeness (QED) is 0.655. The zero-order chi connectivity index (χ0) is 7.41. The lowest BCUT2D eigenvalue weighted by Crippen LogP contribution is -2.39. The highest BCUT2D eigenvalue weighted by Crippen LogP contribution is 2.62. The molecular formula is C7H12ClNO2. The van der Waals surface area contributed by atoms with Crippen LogP contribution in [0.3, 0.4) is 0 Å². The number of aliphatic carboxylic acids is 1. The molecule has 4 heteroatoms. The topological polar surface area (TPSA) is 63.3 Å². The first-order chi connectivity index (χ1) is 4.61. The minimum atomic E-state index is -0.687. The van der Waals surface area contributed by atoms with Crippen molar-refractivity contribution < 1.29 is 9.90 Å². The molecule has 0 amide bonds. The summed E-state index contributed by atoms with van der Waals surface area (Å²) in [5.74, 6) is -0.687. The van der Waals surface area contributed by atoms with Gasteiger partial charge in [-0.15, -0.1) is 12.4 Å². The molecule has 3 N–H and O–H groups in total. The van der Waals surface area contributed by atoms with Gasteiger partial charge < -0.3 is 10.8 Å². The molecule has 2 aliphatic rings. The molecule has 11 heavy (non-hydrogen) atoms. The van der Waals surface area contributed by atoms with Gasteiger partial charge in [-0.1, -0.05) is 0 Å². The lowest BCUT2D eigenvalue weighted by molar-refractivity contribution is -0.144. The number of nitrogens with two attached hydrogens (primary N) is 1. The number of hydrogen-bond donors (Lipinski definition) is 2. The minimum Gasteiger partial charge on any atom is -0.481 e. The zero-order valence-electron chi connectivity index (χ0n) is 6.17. The van der Waals surface area contributed by atoms with Crippen LogP contribution in [0.1, 0.15) is 25.7 Å². The highest BCUT2D eigenvalue weighted by molar-refractivity contribution is 5.85. The largest absolute Gasteiger partial charge is 0.481 e. The molecule has 0 aromatic rings. The van der Waals surface area contributed by atoms with Crippen LogP contribution in [0, 0.1) is 5.41 Å². The Morgan fingerprint density at radius 3 is 1.82 bits per heavy atom. The van der Waals surface area contributed by atoms with Crippen LogP contribution < -0.4 is 5.73 Å². The molecule has 0 aromatic carbocycles. The maximum atomic E-state index is 10.7. The fourth-order valence-corrected chi connectivity index (χ4v) is 1.66. The molecule has 0 radical (unpaired) electrons. The fraction of sp³-hybridized carbons (Fsp3) is 0.857. The molecule has 2 aliphatic carbocycles. The van der Waals surface area contributed by atoms with E-state index < -0.39 is 11.4 Å². The van der Waals surface area contributed by atoms with Gasteiger partial charge in [0.15, 0.2) is 0 Å². The second-order valence-corrected chi connectivity index (χ2v) is 3.54.